The fraction of sp³-hybridized carbons (Fsp3) is 0.0952. The van der Waals surface area contributed by atoms with E-state index in [1.165, 1.54) is 0 Å². The van der Waals surface area contributed by atoms with Gasteiger partial charge in [-0.2, -0.15) is 5.26 Å². The van der Waals surface area contributed by atoms with Gasteiger partial charge in [-0.15, -0.1) is 4.91 Å². The van der Waals surface area contributed by atoms with Gasteiger partial charge < -0.3 is 10.1 Å². The maximum absolute atomic E-state index is 11.0. The first kappa shape index (κ1) is 17.2. The molecule has 128 valence electrons. The molecule has 5 heteroatoms. The van der Waals surface area contributed by atoms with Crippen LogP contribution in [0.5, 0.6) is 5.75 Å². The molecule has 0 aliphatic rings. The second-order valence-electron chi connectivity index (χ2n) is 5.61. The largest absolute Gasteiger partial charge is 0.488 e. The summed E-state index contributed by atoms with van der Waals surface area (Å²) in [6, 6.07) is 22.9. The normalized spacial score (nSPS) is 10.0. The van der Waals surface area contributed by atoms with Crippen LogP contribution in [0.4, 0.5) is 11.4 Å². The predicted molar refractivity (Wildman–Crippen MR) is 102 cm³/mol. The zero-order valence-electron chi connectivity index (χ0n) is 14.3. The van der Waals surface area contributed by atoms with E-state index in [4.69, 9.17) is 4.74 Å². The smallest absolute Gasteiger partial charge is 0.132 e. The van der Waals surface area contributed by atoms with Gasteiger partial charge >= 0.3 is 0 Å². The van der Waals surface area contributed by atoms with E-state index in [-0.39, 0.29) is 5.69 Å². The van der Waals surface area contributed by atoms with Crippen LogP contribution in [-0.4, -0.2) is 7.05 Å². The molecule has 0 amide bonds. The first-order chi connectivity index (χ1) is 12.8. The highest BCUT2D eigenvalue weighted by molar-refractivity contribution is 5.86. The molecule has 3 aromatic rings. The molecule has 1 N–H and O–H groups in total. The highest BCUT2D eigenvalue weighted by atomic mass is 16.5. The van der Waals surface area contributed by atoms with Crippen LogP contribution < -0.4 is 10.1 Å². The standard InChI is InChI=1S/C21H17N3O2/c1-23-21-18(13-22)16(11-12-19(21)24-25)17-9-5-6-10-20(17)26-14-15-7-3-2-4-8-15/h2-12,23H,14H2,1H3. The minimum absolute atomic E-state index is 0.204. The maximum atomic E-state index is 11.0. The van der Waals surface area contributed by atoms with E-state index in [9.17, 15) is 10.2 Å². The number of nitroso groups, excluding NO2 is 1. The molecule has 0 spiro atoms. The Morgan fingerprint density at radius 1 is 1.00 bits per heavy atom. The number of nitrogens with zero attached hydrogens (tertiary/aromatic N) is 2. The van der Waals surface area contributed by atoms with Gasteiger partial charge in [-0.25, -0.2) is 0 Å². The Balaban J connectivity index is 2.03. The van der Waals surface area contributed by atoms with E-state index >= 15 is 0 Å². The summed E-state index contributed by atoms with van der Waals surface area (Å²) in [6.45, 7) is 0.423. The van der Waals surface area contributed by atoms with E-state index in [1.807, 2.05) is 54.6 Å². The molecule has 0 unspecified atom stereocenters. The van der Waals surface area contributed by atoms with Gasteiger partial charge in [-0.1, -0.05) is 54.6 Å². The van der Waals surface area contributed by atoms with Gasteiger partial charge in [0, 0.05) is 18.2 Å². The monoisotopic (exact) mass is 343 g/mol. The predicted octanol–water partition coefficient (Wildman–Crippen LogP) is 5.24. The minimum atomic E-state index is 0.204. The molecule has 26 heavy (non-hydrogen) atoms. The summed E-state index contributed by atoms with van der Waals surface area (Å²) in [7, 11) is 1.66. The lowest BCUT2D eigenvalue weighted by atomic mass is 9.97. The van der Waals surface area contributed by atoms with Crippen LogP contribution in [-0.2, 0) is 6.61 Å². The van der Waals surface area contributed by atoms with Gasteiger partial charge in [0.2, 0.25) is 0 Å². The van der Waals surface area contributed by atoms with Crippen molar-refractivity contribution < 1.29 is 4.74 Å². The van der Waals surface area contributed by atoms with Crippen molar-refractivity contribution >= 4 is 11.4 Å². The highest BCUT2D eigenvalue weighted by Crippen LogP contribution is 2.39. The third kappa shape index (κ3) is 3.40. The average Bonchev–Trinajstić information content (AvgIpc) is 2.72. The summed E-state index contributed by atoms with van der Waals surface area (Å²) in [4.78, 5) is 11.0. The van der Waals surface area contributed by atoms with Crippen LogP contribution in [0.1, 0.15) is 11.1 Å². The van der Waals surface area contributed by atoms with Gasteiger partial charge in [0.25, 0.3) is 0 Å². The van der Waals surface area contributed by atoms with E-state index in [0.717, 1.165) is 11.1 Å². The number of rotatable bonds is 6. The number of hydrogen-bond acceptors (Lipinski definition) is 5. The fourth-order valence-corrected chi connectivity index (χ4v) is 2.81. The molecule has 0 saturated heterocycles. The molecule has 0 aromatic heterocycles. The first-order valence-electron chi connectivity index (χ1n) is 8.12. The van der Waals surface area contributed by atoms with Crippen molar-refractivity contribution in [2.45, 2.75) is 6.61 Å². The number of anilines is 1. The second-order valence-corrected chi connectivity index (χ2v) is 5.61. The summed E-state index contributed by atoms with van der Waals surface area (Å²) in [5, 5.41) is 15.5. The Morgan fingerprint density at radius 3 is 2.42 bits per heavy atom. The number of nitriles is 1. The van der Waals surface area contributed by atoms with Gasteiger partial charge in [-0.05, 0) is 22.9 Å². The third-order valence-corrected chi connectivity index (χ3v) is 4.06. The Hall–Kier alpha value is -3.65. The molecule has 0 atom stereocenters. The summed E-state index contributed by atoms with van der Waals surface area (Å²) in [5.41, 5.74) is 3.51. The third-order valence-electron chi connectivity index (χ3n) is 4.06. The van der Waals surface area contributed by atoms with Crippen molar-refractivity contribution in [2.75, 3.05) is 12.4 Å². The quantitative estimate of drug-likeness (QED) is 0.621. The minimum Gasteiger partial charge on any atom is -0.488 e. The summed E-state index contributed by atoms with van der Waals surface area (Å²) < 4.78 is 5.99. The average molecular weight is 343 g/mol. The number of benzene rings is 3. The lowest BCUT2D eigenvalue weighted by Gasteiger charge is -2.15. The van der Waals surface area contributed by atoms with Crippen LogP contribution >= 0.6 is 0 Å². The van der Waals surface area contributed by atoms with Gasteiger partial charge in [-0.3, -0.25) is 0 Å². The van der Waals surface area contributed by atoms with Gasteiger partial charge in [0.05, 0.1) is 11.3 Å². The Kier molecular flexibility index (Phi) is 5.25. The van der Waals surface area contributed by atoms with Crippen LogP contribution in [0.15, 0.2) is 71.9 Å². The molecule has 0 radical (unpaired) electrons. The lowest BCUT2D eigenvalue weighted by Crippen LogP contribution is -1.99. The molecule has 3 aromatic carbocycles. The number of hydrogen-bond donors (Lipinski definition) is 1. The van der Waals surface area contributed by atoms with Gasteiger partial charge in [0.1, 0.15) is 24.1 Å². The van der Waals surface area contributed by atoms with Crippen molar-refractivity contribution in [1.29, 1.82) is 5.26 Å². The van der Waals surface area contributed by atoms with Gasteiger partial charge in [0.15, 0.2) is 0 Å². The Morgan fingerprint density at radius 2 is 1.73 bits per heavy atom. The van der Waals surface area contributed by atoms with Crippen LogP contribution in [0.3, 0.4) is 0 Å². The van der Waals surface area contributed by atoms with E-state index in [0.29, 0.717) is 29.2 Å². The molecule has 3 rings (SSSR count). The van der Waals surface area contributed by atoms with Crippen molar-refractivity contribution in [3.63, 3.8) is 0 Å². The molecule has 0 bridgehead atoms. The lowest BCUT2D eigenvalue weighted by molar-refractivity contribution is 0.307. The topological polar surface area (TPSA) is 74.5 Å². The summed E-state index contributed by atoms with van der Waals surface area (Å²) in [5.74, 6) is 0.668. The molecular formula is C21H17N3O2. The van der Waals surface area contributed by atoms with Crippen LogP contribution in [0.2, 0.25) is 0 Å². The highest BCUT2D eigenvalue weighted by Gasteiger charge is 2.17. The van der Waals surface area contributed by atoms with Crippen molar-refractivity contribution in [1.82, 2.24) is 0 Å². The molecular weight excluding hydrogens is 326 g/mol. The Bertz CT molecular complexity index is 963. The van der Waals surface area contributed by atoms with E-state index in [2.05, 4.69) is 16.6 Å². The molecule has 0 fully saturated rings. The SMILES string of the molecule is CNc1c(N=O)ccc(-c2ccccc2OCc2ccccc2)c1C#N. The number of nitrogens with one attached hydrogen (secondary N) is 1. The zero-order valence-corrected chi connectivity index (χ0v) is 14.3. The molecule has 0 aliphatic carbocycles. The fourth-order valence-electron chi connectivity index (χ4n) is 2.81. The first-order valence-corrected chi connectivity index (χ1v) is 8.12. The summed E-state index contributed by atoms with van der Waals surface area (Å²) >= 11 is 0. The second kappa shape index (κ2) is 7.95. The van der Waals surface area contributed by atoms with Crippen LogP contribution in [0.25, 0.3) is 11.1 Å². The number of ether oxygens (including phenoxy) is 1. The molecule has 0 heterocycles. The van der Waals surface area contributed by atoms with E-state index < -0.39 is 0 Å². The van der Waals surface area contributed by atoms with E-state index in [1.54, 1.807) is 19.2 Å². The number of para-hydroxylation sites is 1. The van der Waals surface area contributed by atoms with Crippen molar-refractivity contribution in [3.05, 3.63) is 82.8 Å². The molecule has 0 aliphatic heterocycles. The Labute approximate surface area is 151 Å². The molecule has 0 saturated carbocycles. The summed E-state index contributed by atoms with van der Waals surface area (Å²) in [6.07, 6.45) is 0. The maximum Gasteiger partial charge on any atom is 0.132 e. The van der Waals surface area contributed by atoms with Crippen LogP contribution in [0, 0.1) is 16.2 Å². The molecule has 5 nitrogen and oxygen atoms in total. The zero-order chi connectivity index (χ0) is 18.4. The van der Waals surface area contributed by atoms with Crippen molar-refractivity contribution in [3.8, 4) is 22.9 Å². The van der Waals surface area contributed by atoms with Crippen molar-refractivity contribution in [2.24, 2.45) is 5.18 Å².